The Kier molecular flexibility index (Phi) is 6.78. The fraction of sp³-hybridized carbons (Fsp3) is 0.750. The summed E-state index contributed by atoms with van der Waals surface area (Å²) in [5, 5.41) is 14.1. The second-order valence-corrected chi connectivity index (χ2v) is 4.57. The second-order valence-electron chi connectivity index (χ2n) is 4.57. The van der Waals surface area contributed by atoms with Crippen molar-refractivity contribution in [3.63, 3.8) is 0 Å². The van der Waals surface area contributed by atoms with Crippen LogP contribution in [0.1, 0.15) is 19.3 Å². The van der Waals surface area contributed by atoms with E-state index in [0.717, 1.165) is 24.2 Å². The van der Waals surface area contributed by atoms with E-state index in [4.69, 9.17) is 9.84 Å². The number of carbonyl (C=O) groups excluding carboxylic acids is 2. The van der Waals surface area contributed by atoms with Crippen LogP contribution in [-0.2, 0) is 14.3 Å². The van der Waals surface area contributed by atoms with Gasteiger partial charge in [0.1, 0.15) is 12.6 Å². The van der Waals surface area contributed by atoms with Crippen molar-refractivity contribution in [3.05, 3.63) is 0 Å². The Labute approximate surface area is 117 Å². The molecule has 0 saturated carbocycles. The summed E-state index contributed by atoms with van der Waals surface area (Å²) in [6.07, 6.45) is 2.61. The van der Waals surface area contributed by atoms with Crippen molar-refractivity contribution < 1.29 is 24.2 Å². The molecule has 1 saturated heterocycles. The lowest BCUT2D eigenvalue weighted by atomic mass is 10.2. The van der Waals surface area contributed by atoms with Crippen LogP contribution in [0.15, 0.2) is 0 Å². The van der Waals surface area contributed by atoms with Gasteiger partial charge in [0.05, 0.1) is 0 Å². The Morgan fingerprint density at radius 3 is 2.85 bits per heavy atom. The summed E-state index contributed by atoms with van der Waals surface area (Å²) < 4.78 is 4.91. The van der Waals surface area contributed by atoms with Crippen molar-refractivity contribution in [2.45, 2.75) is 25.3 Å². The highest BCUT2D eigenvalue weighted by molar-refractivity contribution is 5.90. The van der Waals surface area contributed by atoms with Gasteiger partial charge in [0.2, 0.25) is 5.91 Å². The number of carboxylic acid groups (broad SMARTS) is 1. The van der Waals surface area contributed by atoms with Gasteiger partial charge in [-0.15, -0.1) is 0 Å². The number of nitrogens with zero attached hydrogens (tertiary/aromatic N) is 1. The van der Waals surface area contributed by atoms with E-state index < -0.39 is 18.0 Å². The number of piperazine rings is 1. The molecule has 114 valence electrons. The maximum absolute atomic E-state index is 11.9. The van der Waals surface area contributed by atoms with Crippen LogP contribution in [0.25, 0.3) is 0 Å². The Morgan fingerprint density at radius 1 is 1.45 bits per heavy atom. The largest absolute Gasteiger partial charge is 0.480 e. The van der Waals surface area contributed by atoms with E-state index in [2.05, 4.69) is 10.6 Å². The molecule has 1 rings (SSSR count). The molecule has 0 bridgehead atoms. The zero-order chi connectivity index (χ0) is 15.0. The number of ether oxygens (including phenoxy) is 1. The monoisotopic (exact) mass is 287 g/mol. The van der Waals surface area contributed by atoms with Crippen LogP contribution in [0.2, 0.25) is 0 Å². The standard InChI is InChI=1S/C12H21N3O5/c1-20-6-4-2-3-5-13-12(19)15-8-10(16)14-7-9(15)11(17)18/h9H,2-8H2,1H3,(H,13,19)(H,14,16)(H,17,18). The van der Waals surface area contributed by atoms with Gasteiger partial charge in [-0.25, -0.2) is 9.59 Å². The average molecular weight is 287 g/mol. The van der Waals surface area contributed by atoms with Crippen LogP contribution >= 0.6 is 0 Å². The van der Waals surface area contributed by atoms with Crippen molar-refractivity contribution in [1.29, 1.82) is 0 Å². The molecule has 0 spiro atoms. The smallest absolute Gasteiger partial charge is 0.328 e. The molecule has 0 radical (unpaired) electrons. The lowest BCUT2D eigenvalue weighted by Crippen LogP contribution is -2.61. The summed E-state index contributed by atoms with van der Waals surface area (Å²) in [7, 11) is 1.63. The first-order valence-corrected chi connectivity index (χ1v) is 6.59. The molecule has 0 aromatic heterocycles. The Hall–Kier alpha value is -1.83. The molecule has 1 unspecified atom stereocenters. The minimum absolute atomic E-state index is 0.0601. The first-order chi connectivity index (χ1) is 9.56. The van der Waals surface area contributed by atoms with Gasteiger partial charge in [0.15, 0.2) is 0 Å². The van der Waals surface area contributed by atoms with Crippen LogP contribution in [0.4, 0.5) is 4.79 Å². The number of carboxylic acids is 1. The molecule has 3 N–H and O–H groups in total. The zero-order valence-corrected chi connectivity index (χ0v) is 11.6. The summed E-state index contributed by atoms with van der Waals surface area (Å²) in [5.74, 6) is -1.47. The van der Waals surface area contributed by atoms with Gasteiger partial charge in [-0.3, -0.25) is 9.69 Å². The fourth-order valence-corrected chi connectivity index (χ4v) is 1.92. The lowest BCUT2D eigenvalue weighted by molar-refractivity contribution is -0.144. The van der Waals surface area contributed by atoms with Crippen molar-refractivity contribution in [2.75, 3.05) is 33.4 Å². The minimum Gasteiger partial charge on any atom is -0.480 e. The van der Waals surface area contributed by atoms with Crippen molar-refractivity contribution in [2.24, 2.45) is 0 Å². The first-order valence-electron chi connectivity index (χ1n) is 6.59. The summed E-state index contributed by atoms with van der Waals surface area (Å²) in [5.41, 5.74) is 0. The SMILES string of the molecule is COCCCCCNC(=O)N1CC(=O)NCC1C(=O)O. The van der Waals surface area contributed by atoms with Crippen LogP contribution in [-0.4, -0.2) is 67.3 Å². The Balaban J connectivity index is 2.35. The van der Waals surface area contributed by atoms with Gasteiger partial charge in [0, 0.05) is 26.8 Å². The average Bonchev–Trinajstić information content (AvgIpc) is 2.42. The molecule has 1 aliphatic heterocycles. The number of hydrogen-bond donors (Lipinski definition) is 3. The predicted molar refractivity (Wildman–Crippen MR) is 70.3 cm³/mol. The number of amides is 3. The van der Waals surface area contributed by atoms with E-state index in [1.165, 1.54) is 0 Å². The van der Waals surface area contributed by atoms with Gasteiger partial charge in [-0.05, 0) is 19.3 Å². The number of hydrogen-bond acceptors (Lipinski definition) is 4. The molecule has 8 heteroatoms. The zero-order valence-electron chi connectivity index (χ0n) is 11.6. The molecule has 0 aromatic carbocycles. The summed E-state index contributed by atoms with van der Waals surface area (Å²) in [6, 6.07) is -1.53. The number of unbranched alkanes of at least 4 members (excludes halogenated alkanes) is 2. The van der Waals surface area contributed by atoms with Crippen molar-refractivity contribution >= 4 is 17.9 Å². The van der Waals surface area contributed by atoms with Crippen molar-refractivity contribution in [3.8, 4) is 0 Å². The third-order valence-electron chi connectivity index (χ3n) is 3.03. The molecule has 8 nitrogen and oxygen atoms in total. The maximum atomic E-state index is 11.9. The summed E-state index contributed by atoms with van der Waals surface area (Å²) in [6.45, 7) is 0.843. The van der Waals surface area contributed by atoms with E-state index in [1.54, 1.807) is 7.11 Å². The number of urea groups is 1. The van der Waals surface area contributed by atoms with Crippen LogP contribution in [0.3, 0.4) is 0 Å². The maximum Gasteiger partial charge on any atom is 0.328 e. The number of aliphatic carboxylic acids is 1. The highest BCUT2D eigenvalue weighted by Crippen LogP contribution is 2.05. The first kappa shape index (κ1) is 16.2. The molecule has 0 aliphatic carbocycles. The summed E-state index contributed by atoms with van der Waals surface area (Å²) >= 11 is 0. The Morgan fingerprint density at radius 2 is 2.20 bits per heavy atom. The molecule has 3 amide bonds. The molecule has 1 atom stereocenters. The lowest BCUT2D eigenvalue weighted by Gasteiger charge is -2.32. The quantitative estimate of drug-likeness (QED) is 0.542. The van der Waals surface area contributed by atoms with E-state index in [1.807, 2.05) is 0 Å². The molecular formula is C12H21N3O5. The van der Waals surface area contributed by atoms with Crippen molar-refractivity contribution in [1.82, 2.24) is 15.5 Å². The van der Waals surface area contributed by atoms with E-state index >= 15 is 0 Å². The van der Waals surface area contributed by atoms with E-state index in [-0.39, 0.29) is 19.0 Å². The van der Waals surface area contributed by atoms with Crippen LogP contribution in [0, 0.1) is 0 Å². The second kappa shape index (κ2) is 8.36. The number of nitrogens with one attached hydrogen (secondary N) is 2. The normalized spacial score (nSPS) is 18.6. The molecule has 1 aliphatic rings. The molecule has 20 heavy (non-hydrogen) atoms. The van der Waals surface area contributed by atoms with Gasteiger partial charge in [0.25, 0.3) is 0 Å². The summed E-state index contributed by atoms with van der Waals surface area (Å²) in [4.78, 5) is 35.2. The van der Waals surface area contributed by atoms with Crippen LogP contribution in [0.5, 0.6) is 0 Å². The highest BCUT2D eigenvalue weighted by atomic mass is 16.5. The highest BCUT2D eigenvalue weighted by Gasteiger charge is 2.34. The molecule has 1 fully saturated rings. The number of carbonyl (C=O) groups is 3. The van der Waals surface area contributed by atoms with Gasteiger partial charge >= 0.3 is 12.0 Å². The Bertz CT molecular complexity index is 361. The predicted octanol–water partition coefficient (Wildman–Crippen LogP) is -0.602. The van der Waals surface area contributed by atoms with Crippen LogP contribution < -0.4 is 10.6 Å². The topological polar surface area (TPSA) is 108 Å². The third kappa shape index (κ3) is 5.04. The molecular weight excluding hydrogens is 266 g/mol. The number of methoxy groups -OCH3 is 1. The van der Waals surface area contributed by atoms with E-state index in [0.29, 0.717) is 13.2 Å². The third-order valence-corrected chi connectivity index (χ3v) is 3.03. The molecule has 1 heterocycles. The number of rotatable bonds is 7. The van der Waals surface area contributed by atoms with E-state index in [9.17, 15) is 14.4 Å². The molecule has 0 aromatic rings. The van der Waals surface area contributed by atoms with Gasteiger partial charge in [-0.1, -0.05) is 0 Å². The fourth-order valence-electron chi connectivity index (χ4n) is 1.92. The van der Waals surface area contributed by atoms with Gasteiger partial charge in [-0.2, -0.15) is 0 Å². The minimum atomic E-state index is -1.12. The van der Waals surface area contributed by atoms with Gasteiger partial charge < -0.3 is 20.5 Å².